The average Bonchev–Trinajstić information content (AvgIpc) is 2.80. The van der Waals surface area contributed by atoms with E-state index < -0.39 is 0 Å². The van der Waals surface area contributed by atoms with Crippen molar-refractivity contribution in [2.24, 2.45) is 0 Å². The summed E-state index contributed by atoms with van der Waals surface area (Å²) in [7, 11) is 1.75. The highest BCUT2D eigenvalue weighted by atomic mass is 32.2. The van der Waals surface area contributed by atoms with E-state index in [1.165, 1.54) is 11.8 Å². The van der Waals surface area contributed by atoms with Crippen molar-refractivity contribution in [2.75, 3.05) is 12.4 Å². The molecule has 2 aromatic rings. The van der Waals surface area contributed by atoms with Crippen LogP contribution in [0.2, 0.25) is 0 Å². The van der Waals surface area contributed by atoms with Crippen molar-refractivity contribution in [2.45, 2.75) is 30.3 Å². The van der Waals surface area contributed by atoms with Crippen molar-refractivity contribution in [3.63, 3.8) is 0 Å². The van der Waals surface area contributed by atoms with Gasteiger partial charge in [0, 0.05) is 19.4 Å². The fourth-order valence-electron chi connectivity index (χ4n) is 1.15. The van der Waals surface area contributed by atoms with Gasteiger partial charge in [0.1, 0.15) is 0 Å². The second-order valence-electron chi connectivity index (χ2n) is 3.64. The molecule has 0 aliphatic heterocycles. The summed E-state index contributed by atoms with van der Waals surface area (Å²) in [4.78, 5) is 19.6. The maximum Gasteiger partial charge on any atom is 0.322 e. The van der Waals surface area contributed by atoms with Crippen LogP contribution in [0.5, 0.6) is 6.01 Å². The lowest BCUT2D eigenvalue weighted by molar-refractivity contribution is 0.219. The van der Waals surface area contributed by atoms with Gasteiger partial charge < -0.3 is 15.0 Å². The molecule has 2 aromatic heterocycles. The van der Waals surface area contributed by atoms with E-state index in [4.69, 9.17) is 4.74 Å². The SMILES string of the molecule is CNc1nc(OC(C)C)nc(Sc2ncc[nH]2)n1. The summed E-state index contributed by atoms with van der Waals surface area (Å²) in [6.45, 7) is 3.84. The first-order valence-corrected chi connectivity index (χ1v) is 6.26. The molecule has 18 heavy (non-hydrogen) atoms. The van der Waals surface area contributed by atoms with Crippen molar-refractivity contribution < 1.29 is 4.74 Å². The van der Waals surface area contributed by atoms with Crippen molar-refractivity contribution in [3.05, 3.63) is 12.4 Å². The Balaban J connectivity index is 2.23. The normalized spacial score (nSPS) is 10.7. The quantitative estimate of drug-likeness (QED) is 0.849. The first kappa shape index (κ1) is 12.6. The first-order valence-electron chi connectivity index (χ1n) is 5.45. The molecule has 2 N–H and O–H groups in total. The highest BCUT2D eigenvalue weighted by Crippen LogP contribution is 2.23. The van der Waals surface area contributed by atoms with Crippen LogP contribution in [0.1, 0.15) is 13.8 Å². The molecule has 8 heteroatoms. The molecule has 2 rings (SSSR count). The van der Waals surface area contributed by atoms with Crippen molar-refractivity contribution in [3.8, 4) is 6.01 Å². The molecule has 0 fully saturated rings. The van der Waals surface area contributed by atoms with E-state index >= 15 is 0 Å². The Bertz CT molecular complexity index is 501. The van der Waals surface area contributed by atoms with E-state index in [9.17, 15) is 0 Å². The van der Waals surface area contributed by atoms with E-state index in [0.717, 1.165) is 5.16 Å². The molecule has 2 heterocycles. The molecule has 0 atom stereocenters. The van der Waals surface area contributed by atoms with Crippen LogP contribution in [0, 0.1) is 0 Å². The standard InChI is InChI=1S/C10H14N6OS/c1-6(2)17-8-14-7(11-3)15-10(16-8)18-9-12-4-5-13-9/h4-6H,1-3H3,(H,12,13)(H,11,14,15,16). The van der Waals surface area contributed by atoms with Gasteiger partial charge in [-0.05, 0) is 25.6 Å². The molecule has 0 aromatic carbocycles. The lowest BCUT2D eigenvalue weighted by Gasteiger charge is -2.09. The zero-order valence-electron chi connectivity index (χ0n) is 10.3. The third-order valence-electron chi connectivity index (χ3n) is 1.82. The van der Waals surface area contributed by atoms with Crippen LogP contribution in [-0.2, 0) is 0 Å². The van der Waals surface area contributed by atoms with Crippen LogP contribution in [0.25, 0.3) is 0 Å². The molecule has 0 spiro atoms. The molecule has 0 radical (unpaired) electrons. The number of rotatable bonds is 5. The van der Waals surface area contributed by atoms with E-state index in [-0.39, 0.29) is 6.10 Å². The van der Waals surface area contributed by atoms with Crippen LogP contribution in [-0.4, -0.2) is 38.1 Å². The van der Waals surface area contributed by atoms with Gasteiger partial charge in [0.15, 0.2) is 5.16 Å². The lowest BCUT2D eigenvalue weighted by atomic mass is 10.5. The molecule has 0 bridgehead atoms. The minimum absolute atomic E-state index is 0.0126. The van der Waals surface area contributed by atoms with Crippen LogP contribution >= 0.6 is 11.8 Å². The smallest absolute Gasteiger partial charge is 0.322 e. The monoisotopic (exact) mass is 266 g/mol. The van der Waals surface area contributed by atoms with E-state index in [0.29, 0.717) is 17.1 Å². The topological polar surface area (TPSA) is 88.6 Å². The summed E-state index contributed by atoms with van der Waals surface area (Å²) in [5.74, 6) is 0.467. The van der Waals surface area contributed by atoms with E-state index in [1.54, 1.807) is 19.4 Å². The van der Waals surface area contributed by atoms with Crippen molar-refractivity contribution in [1.29, 1.82) is 0 Å². The van der Waals surface area contributed by atoms with Crippen LogP contribution < -0.4 is 10.1 Å². The van der Waals surface area contributed by atoms with Gasteiger partial charge in [0.25, 0.3) is 0 Å². The fraction of sp³-hybridized carbons (Fsp3) is 0.400. The summed E-state index contributed by atoms with van der Waals surface area (Å²) in [5, 5.41) is 4.12. The number of H-pyrrole nitrogens is 1. The van der Waals surface area contributed by atoms with Gasteiger partial charge in [-0.1, -0.05) is 0 Å². The predicted molar refractivity (Wildman–Crippen MR) is 67.8 cm³/mol. The predicted octanol–water partition coefficient (Wildman–Crippen LogP) is 1.57. The summed E-state index contributed by atoms with van der Waals surface area (Å²) in [6.07, 6.45) is 3.43. The minimum atomic E-state index is 0.0126. The first-order chi connectivity index (χ1) is 8.67. The number of aromatic nitrogens is 5. The molecule has 0 aliphatic carbocycles. The molecule has 96 valence electrons. The number of anilines is 1. The average molecular weight is 266 g/mol. The third kappa shape index (κ3) is 3.33. The third-order valence-corrected chi connectivity index (χ3v) is 2.60. The molecule has 0 amide bonds. The largest absolute Gasteiger partial charge is 0.461 e. The number of hydrogen-bond acceptors (Lipinski definition) is 7. The Morgan fingerprint density at radius 2 is 2.17 bits per heavy atom. The zero-order valence-corrected chi connectivity index (χ0v) is 11.2. The van der Waals surface area contributed by atoms with Crippen molar-refractivity contribution >= 4 is 17.7 Å². The minimum Gasteiger partial charge on any atom is -0.461 e. The van der Waals surface area contributed by atoms with E-state index in [2.05, 4.69) is 30.2 Å². The molecule has 7 nitrogen and oxygen atoms in total. The summed E-state index contributed by atoms with van der Waals surface area (Å²) in [5.41, 5.74) is 0. The van der Waals surface area contributed by atoms with Gasteiger partial charge in [-0.15, -0.1) is 0 Å². The second kappa shape index (κ2) is 5.67. The van der Waals surface area contributed by atoms with E-state index in [1.807, 2.05) is 13.8 Å². The molecular weight excluding hydrogens is 252 g/mol. The van der Waals surface area contributed by atoms with Crippen molar-refractivity contribution in [1.82, 2.24) is 24.9 Å². The molecule has 0 unspecified atom stereocenters. The van der Waals surface area contributed by atoms with Gasteiger partial charge in [-0.25, -0.2) is 4.98 Å². The Morgan fingerprint density at radius 3 is 2.78 bits per heavy atom. The summed E-state index contributed by atoms with van der Waals surface area (Å²) in [6, 6.07) is 0.304. The van der Waals surface area contributed by atoms with Gasteiger partial charge in [-0.2, -0.15) is 15.0 Å². The highest BCUT2D eigenvalue weighted by molar-refractivity contribution is 7.99. The molecule has 0 aliphatic rings. The zero-order chi connectivity index (χ0) is 13.0. The number of nitrogens with zero attached hydrogens (tertiary/aromatic N) is 4. The maximum absolute atomic E-state index is 5.47. The lowest BCUT2D eigenvalue weighted by Crippen LogP contribution is -2.11. The molecular formula is C10H14N6OS. The Kier molecular flexibility index (Phi) is 3.98. The second-order valence-corrected chi connectivity index (χ2v) is 4.59. The number of aromatic amines is 1. The summed E-state index contributed by atoms with van der Waals surface area (Å²) < 4.78 is 5.47. The number of imidazole rings is 1. The molecule has 0 saturated carbocycles. The van der Waals surface area contributed by atoms with Gasteiger partial charge >= 0.3 is 6.01 Å². The Morgan fingerprint density at radius 1 is 1.33 bits per heavy atom. The number of nitrogens with one attached hydrogen (secondary N) is 2. The Hall–Kier alpha value is -1.83. The number of ether oxygens (including phenoxy) is 1. The Labute approximate surface area is 109 Å². The van der Waals surface area contributed by atoms with Gasteiger partial charge in [-0.3, -0.25) is 0 Å². The van der Waals surface area contributed by atoms with Gasteiger partial charge in [0.2, 0.25) is 11.1 Å². The van der Waals surface area contributed by atoms with Gasteiger partial charge in [0.05, 0.1) is 6.10 Å². The number of hydrogen-bond donors (Lipinski definition) is 2. The highest BCUT2D eigenvalue weighted by Gasteiger charge is 2.10. The maximum atomic E-state index is 5.47. The van der Waals surface area contributed by atoms with Crippen LogP contribution in [0.4, 0.5) is 5.95 Å². The fourth-order valence-corrected chi connectivity index (χ4v) is 1.82. The summed E-state index contributed by atoms with van der Waals surface area (Å²) >= 11 is 1.32. The van der Waals surface area contributed by atoms with Crippen LogP contribution in [0.15, 0.2) is 22.7 Å². The molecule has 0 saturated heterocycles. The van der Waals surface area contributed by atoms with Crippen LogP contribution in [0.3, 0.4) is 0 Å².